The van der Waals surface area contributed by atoms with Crippen molar-refractivity contribution in [1.82, 2.24) is 39.3 Å². The normalized spacial score (nSPS) is 11.9. The molecule has 21 heteroatoms. The minimum Gasteiger partial charge on any atom is -0.328 e. The molecule has 1 aliphatic carbocycles. The summed E-state index contributed by atoms with van der Waals surface area (Å²) in [4.78, 5) is 0. The van der Waals surface area contributed by atoms with Crippen molar-refractivity contribution in [2.75, 3.05) is 0 Å². The maximum atomic E-state index is 11.9. The van der Waals surface area contributed by atoms with Crippen LogP contribution in [0.2, 0.25) is 0 Å². The van der Waals surface area contributed by atoms with E-state index in [2.05, 4.69) is 124 Å². The number of aromatic amines is 2. The highest BCUT2D eigenvalue weighted by Gasteiger charge is 2.40. The summed E-state index contributed by atoms with van der Waals surface area (Å²) in [6, 6.07) is 30.9. The molecule has 4 aromatic carbocycles. The molecule has 0 unspecified atom stereocenters. The summed E-state index contributed by atoms with van der Waals surface area (Å²) in [5.74, 6) is 0. The van der Waals surface area contributed by atoms with Crippen LogP contribution in [0, 0.1) is 13.8 Å². The number of aromatic nitrogens is 10. The zero-order valence-electron chi connectivity index (χ0n) is 32.5. The van der Waals surface area contributed by atoms with Crippen molar-refractivity contribution in [3.05, 3.63) is 150 Å². The highest BCUT2D eigenvalue weighted by atomic mass is 19.4. The lowest BCUT2D eigenvalue weighted by Crippen LogP contribution is -2.31. The third-order valence-corrected chi connectivity index (χ3v) is 9.26. The second-order valence-corrected chi connectivity index (χ2v) is 13.7. The minimum atomic E-state index is -4.95. The Morgan fingerprint density at radius 1 is 0.683 bits per heavy atom. The summed E-state index contributed by atoms with van der Waals surface area (Å²) in [5.41, 5.74) is 6.23. The van der Waals surface area contributed by atoms with Gasteiger partial charge in [-0.3, -0.25) is 0 Å². The fourth-order valence-corrected chi connectivity index (χ4v) is 6.46. The summed E-state index contributed by atoms with van der Waals surface area (Å²) in [7, 11) is 21.4. The summed E-state index contributed by atoms with van der Waals surface area (Å²) in [6.07, 6.45) is -1.77. The van der Waals surface area contributed by atoms with Crippen molar-refractivity contribution in [2.45, 2.75) is 39.0 Å². The molecule has 60 heavy (non-hydrogen) atoms. The molecule has 0 aliphatic heterocycles. The SMILES string of the molecule is [BH][n+]1cc2c([nH]1)-c1ccccc1CC2.[BH][n+]1cc2ccc3ccccc3c2[nH]1.[BH]n1ncc2ccccc21.[B]n1nc(C(F)(F)F)cc1C(F)(F)F.[B]n1nc(C)cc1C. The third kappa shape index (κ3) is 10.2. The topological polar surface area (TPSA) is 92.8 Å². The molecule has 7 radical (unpaired) electrons. The number of benzene rings is 4. The fourth-order valence-electron chi connectivity index (χ4n) is 6.46. The van der Waals surface area contributed by atoms with Crippen LogP contribution in [0.3, 0.4) is 0 Å². The molecular formula is C39H34B5F6N10+2. The summed E-state index contributed by atoms with van der Waals surface area (Å²) >= 11 is 0. The number of hydrogen-bond donors (Lipinski definition) is 2. The molecule has 0 bridgehead atoms. The van der Waals surface area contributed by atoms with Gasteiger partial charge in [-0.25, -0.2) is 9.19 Å². The zero-order valence-corrected chi connectivity index (χ0v) is 32.5. The first kappa shape index (κ1) is 43.2. The Morgan fingerprint density at radius 3 is 1.93 bits per heavy atom. The molecule has 0 saturated carbocycles. The summed E-state index contributed by atoms with van der Waals surface area (Å²) in [5, 5.41) is 21.7. The van der Waals surface area contributed by atoms with Crippen molar-refractivity contribution in [1.29, 1.82) is 0 Å². The Labute approximate surface area is 346 Å². The van der Waals surface area contributed by atoms with Crippen LogP contribution in [0.1, 0.15) is 33.9 Å². The predicted octanol–water partition coefficient (Wildman–Crippen LogP) is 4.99. The molecule has 10 nitrogen and oxygen atoms in total. The second-order valence-electron chi connectivity index (χ2n) is 13.7. The van der Waals surface area contributed by atoms with Gasteiger partial charge in [0.05, 0.1) is 22.8 Å². The molecule has 5 heterocycles. The third-order valence-electron chi connectivity index (χ3n) is 9.26. The number of alkyl halides is 6. The molecule has 0 fully saturated rings. The Kier molecular flexibility index (Phi) is 12.9. The summed E-state index contributed by atoms with van der Waals surface area (Å²) < 4.78 is 77.6. The van der Waals surface area contributed by atoms with Gasteiger partial charge in [-0.05, 0) is 61.9 Å². The maximum absolute atomic E-state index is 11.9. The van der Waals surface area contributed by atoms with Crippen LogP contribution in [0.15, 0.2) is 116 Å². The monoisotopic (exact) mass is 811 g/mol. The van der Waals surface area contributed by atoms with E-state index >= 15 is 0 Å². The molecule has 1 aliphatic rings. The van der Waals surface area contributed by atoms with E-state index in [0.29, 0.717) is 0 Å². The Balaban J connectivity index is 0.000000128. The van der Waals surface area contributed by atoms with E-state index in [1.165, 1.54) is 43.1 Å². The van der Waals surface area contributed by atoms with Crippen LogP contribution in [-0.2, 0) is 25.2 Å². The average Bonchev–Trinajstić information content (AvgIpc) is 4.03. The van der Waals surface area contributed by atoms with Crippen molar-refractivity contribution in [3.8, 4) is 11.3 Å². The van der Waals surface area contributed by atoms with E-state index in [-0.39, 0.29) is 10.7 Å². The number of fused-ring (bicyclic) bond motifs is 7. The Morgan fingerprint density at radius 2 is 1.32 bits per heavy atom. The van der Waals surface area contributed by atoms with Crippen molar-refractivity contribution in [2.24, 2.45) is 0 Å². The molecule has 0 amide bonds. The predicted molar refractivity (Wildman–Crippen MR) is 223 cm³/mol. The lowest BCUT2D eigenvalue weighted by atomic mass is 9.91. The summed E-state index contributed by atoms with van der Waals surface area (Å²) in [6.45, 7) is 3.83. The number of nitrogens with zero attached hydrogens (tertiary/aromatic N) is 8. The van der Waals surface area contributed by atoms with Gasteiger partial charge in [0, 0.05) is 27.6 Å². The molecule has 0 atom stereocenters. The van der Waals surface area contributed by atoms with Crippen LogP contribution in [0.4, 0.5) is 26.3 Å². The zero-order chi connectivity index (χ0) is 43.4. The lowest BCUT2D eigenvalue weighted by Gasteiger charge is -2.12. The second kappa shape index (κ2) is 17.9. The highest BCUT2D eigenvalue weighted by molar-refractivity contribution is 6.10. The van der Waals surface area contributed by atoms with Gasteiger partial charge in [0.25, 0.3) is 23.9 Å². The number of hydrogen-bond acceptors (Lipinski definition) is 3. The van der Waals surface area contributed by atoms with Gasteiger partial charge in [0.2, 0.25) is 0 Å². The smallest absolute Gasteiger partial charge is 0.328 e. The van der Waals surface area contributed by atoms with Crippen molar-refractivity contribution < 1.29 is 35.5 Å². The highest BCUT2D eigenvalue weighted by Crippen LogP contribution is 2.34. The number of halogens is 6. The van der Waals surface area contributed by atoms with E-state index in [0.717, 1.165) is 40.6 Å². The van der Waals surface area contributed by atoms with E-state index in [4.69, 9.17) is 7.98 Å². The van der Waals surface area contributed by atoms with Crippen LogP contribution >= 0.6 is 0 Å². The Bertz CT molecular complexity index is 2860. The van der Waals surface area contributed by atoms with Gasteiger partial charge in [-0.2, -0.15) is 51.8 Å². The molecule has 5 aromatic heterocycles. The Hall–Kier alpha value is -6.39. The molecule has 295 valence electrons. The van der Waals surface area contributed by atoms with Gasteiger partial charge in [0.15, 0.2) is 18.1 Å². The molecule has 0 spiro atoms. The quantitative estimate of drug-likeness (QED) is 0.167. The largest absolute Gasteiger partial charge is 0.544 e. The lowest BCUT2D eigenvalue weighted by molar-refractivity contribution is -0.585. The average molecular weight is 811 g/mol. The first-order chi connectivity index (χ1) is 28.4. The number of aryl methyl sites for hydroxylation is 4. The molecule has 2 N–H and O–H groups in total. The van der Waals surface area contributed by atoms with E-state index < -0.39 is 23.7 Å². The maximum Gasteiger partial charge on any atom is 0.544 e. The van der Waals surface area contributed by atoms with Gasteiger partial charge in [-0.1, -0.05) is 72.8 Å². The van der Waals surface area contributed by atoms with Crippen LogP contribution in [0.25, 0.3) is 43.8 Å². The first-order valence-corrected chi connectivity index (χ1v) is 18.2. The van der Waals surface area contributed by atoms with Crippen molar-refractivity contribution in [3.63, 3.8) is 0 Å². The molecule has 10 rings (SSSR count). The van der Waals surface area contributed by atoms with Gasteiger partial charge < -0.3 is 13.8 Å². The van der Waals surface area contributed by atoms with Gasteiger partial charge >= 0.3 is 28.3 Å². The van der Waals surface area contributed by atoms with E-state index in [9.17, 15) is 26.3 Å². The van der Waals surface area contributed by atoms with Gasteiger partial charge in [-0.15, -0.1) is 0 Å². The molecule has 9 aromatic rings. The standard InChI is InChI=1S/C11H11BN2.C11H9BN2.C7H6BN2.C5HBF6N2.C5H7BN2/c2*12-14-7-9-6-5-8-3-1-2-4-10(8)11(9)13-14;8-10-7-4-2-1-3-6(7)5-9-10;6-14-3(5(10,11)12)1-2(13-14)4(7,8)9;1-4-3-5(2)8(6)7-4/h1-4,7,12-13H,5-6H2;1-7,12-13H;1-5,8H;1H;3H,1-2H3/q2*+1;;;. The van der Waals surface area contributed by atoms with Crippen LogP contribution < -0.4 is 9.19 Å². The minimum absolute atomic E-state index is 0.153. The number of nitrogens with one attached hydrogen (secondary N) is 2. The van der Waals surface area contributed by atoms with Gasteiger partial charge in [0.1, 0.15) is 16.9 Å². The first-order valence-electron chi connectivity index (χ1n) is 18.2. The van der Waals surface area contributed by atoms with Crippen LogP contribution in [0.5, 0.6) is 0 Å². The fraction of sp³-hybridized carbons (Fsp3) is 0.154. The van der Waals surface area contributed by atoms with E-state index in [1.54, 1.807) is 13.8 Å². The molecule has 0 saturated heterocycles. The van der Waals surface area contributed by atoms with Crippen molar-refractivity contribution >= 4 is 72.5 Å². The number of rotatable bonds is 0. The molecular weight excluding hydrogens is 777 g/mol. The number of H-pyrrole nitrogens is 2. The van der Waals surface area contributed by atoms with Crippen LogP contribution in [-0.4, -0.2) is 79.2 Å². The number of para-hydroxylation sites is 1. The van der Waals surface area contributed by atoms with E-state index in [1.807, 2.05) is 56.6 Å².